The Hall–Kier alpha value is -2.14. The van der Waals surface area contributed by atoms with Crippen LogP contribution in [0.1, 0.15) is 43.0 Å². The molecule has 0 aliphatic heterocycles. The Bertz CT molecular complexity index is 826. The normalized spacial score (nSPS) is 12.5. The number of sulfonamides is 1. The molecule has 0 radical (unpaired) electrons. The maximum absolute atomic E-state index is 12.6. The van der Waals surface area contributed by atoms with Crippen LogP contribution in [0.2, 0.25) is 0 Å². The van der Waals surface area contributed by atoms with Crippen molar-refractivity contribution in [2.45, 2.75) is 44.9 Å². The van der Waals surface area contributed by atoms with Crippen molar-refractivity contribution in [3.05, 3.63) is 64.7 Å². The van der Waals surface area contributed by atoms with Crippen LogP contribution < -0.4 is 4.83 Å². The molecule has 2 rings (SSSR count). The summed E-state index contributed by atoms with van der Waals surface area (Å²) < 4.78 is 25.2. The van der Waals surface area contributed by atoms with Gasteiger partial charge in [0.2, 0.25) is 0 Å². The van der Waals surface area contributed by atoms with Gasteiger partial charge in [-0.15, -0.1) is 0 Å². The third-order valence-corrected chi connectivity index (χ3v) is 5.31. The molecule has 2 aromatic carbocycles. The lowest BCUT2D eigenvalue weighted by molar-refractivity contribution is 0.578. The Labute approximate surface area is 144 Å². The molecule has 0 spiro atoms. The van der Waals surface area contributed by atoms with Gasteiger partial charge < -0.3 is 0 Å². The second kappa shape index (κ2) is 6.77. The van der Waals surface area contributed by atoms with E-state index in [1.807, 2.05) is 56.3 Å². The number of aryl methyl sites for hydroxylation is 2. The van der Waals surface area contributed by atoms with Crippen molar-refractivity contribution >= 4 is 16.2 Å². The summed E-state index contributed by atoms with van der Waals surface area (Å²) in [5, 5.41) is 3.88. The van der Waals surface area contributed by atoms with Crippen LogP contribution in [0, 0.1) is 13.8 Å². The van der Waals surface area contributed by atoms with Crippen LogP contribution in [0.4, 0.5) is 0 Å². The van der Waals surface area contributed by atoms with Crippen LogP contribution in [0.15, 0.2) is 52.5 Å². The van der Waals surface area contributed by atoms with Gasteiger partial charge in [0.05, 0.1) is 11.1 Å². The lowest BCUT2D eigenvalue weighted by Crippen LogP contribution is -2.21. The standard InChI is InChI=1S/C19H24N2O2S/c1-14-11-17(19(3,4)5)12-15(2)18(14)24(22,23)21-20-13-16-9-7-6-8-10-16/h6-13,21H,1-5H3/b20-13+. The zero-order chi connectivity index (χ0) is 18.0. The first-order chi connectivity index (χ1) is 11.1. The third-order valence-electron chi connectivity index (χ3n) is 3.78. The summed E-state index contributed by atoms with van der Waals surface area (Å²) in [7, 11) is -3.70. The number of nitrogens with zero attached hydrogens (tertiary/aromatic N) is 1. The molecule has 1 N–H and O–H groups in total. The lowest BCUT2D eigenvalue weighted by Gasteiger charge is -2.22. The molecule has 0 saturated carbocycles. The third kappa shape index (κ3) is 4.23. The van der Waals surface area contributed by atoms with Crippen LogP contribution in [0.5, 0.6) is 0 Å². The van der Waals surface area contributed by atoms with Crippen LogP contribution in [0.25, 0.3) is 0 Å². The average Bonchev–Trinajstić information content (AvgIpc) is 2.46. The van der Waals surface area contributed by atoms with Crippen LogP contribution >= 0.6 is 0 Å². The first-order valence-electron chi connectivity index (χ1n) is 7.83. The summed E-state index contributed by atoms with van der Waals surface area (Å²) in [5.74, 6) is 0. The highest BCUT2D eigenvalue weighted by atomic mass is 32.2. The maximum atomic E-state index is 12.6. The Kier molecular flexibility index (Phi) is 5.13. The van der Waals surface area contributed by atoms with Crippen molar-refractivity contribution < 1.29 is 8.42 Å². The van der Waals surface area contributed by atoms with Crippen molar-refractivity contribution in [3.8, 4) is 0 Å². The molecule has 0 aromatic heterocycles. The van der Waals surface area contributed by atoms with E-state index in [0.717, 1.165) is 22.3 Å². The molecule has 4 nitrogen and oxygen atoms in total. The molecule has 0 aliphatic carbocycles. The van der Waals surface area contributed by atoms with Crippen molar-refractivity contribution in [2.75, 3.05) is 0 Å². The van der Waals surface area contributed by atoms with Gasteiger partial charge in [0.15, 0.2) is 0 Å². The van der Waals surface area contributed by atoms with Gasteiger partial charge in [0.1, 0.15) is 0 Å². The molecule has 2 aromatic rings. The van der Waals surface area contributed by atoms with Crippen LogP contribution in [-0.4, -0.2) is 14.6 Å². The summed E-state index contributed by atoms with van der Waals surface area (Å²) in [6.45, 7) is 9.96. The molecule has 0 amide bonds. The molecule has 0 bridgehead atoms. The number of rotatable bonds is 4. The monoisotopic (exact) mass is 344 g/mol. The van der Waals surface area contributed by atoms with Crippen LogP contribution in [0.3, 0.4) is 0 Å². The molecule has 24 heavy (non-hydrogen) atoms. The van der Waals surface area contributed by atoms with Gasteiger partial charge >= 0.3 is 0 Å². The number of benzene rings is 2. The minimum Gasteiger partial charge on any atom is -0.200 e. The smallest absolute Gasteiger partial charge is 0.200 e. The molecular weight excluding hydrogens is 320 g/mol. The topological polar surface area (TPSA) is 58.5 Å². The van der Waals surface area contributed by atoms with Crippen molar-refractivity contribution in [2.24, 2.45) is 5.10 Å². The molecule has 0 unspecified atom stereocenters. The van der Waals surface area contributed by atoms with Gasteiger partial charge in [0.25, 0.3) is 10.0 Å². The quantitative estimate of drug-likeness (QED) is 0.675. The first-order valence-corrected chi connectivity index (χ1v) is 9.31. The van der Waals surface area contributed by atoms with E-state index in [-0.39, 0.29) is 5.41 Å². The van der Waals surface area contributed by atoms with Crippen molar-refractivity contribution in [3.63, 3.8) is 0 Å². The predicted molar refractivity (Wildman–Crippen MR) is 99.0 cm³/mol. The van der Waals surface area contributed by atoms with Gasteiger partial charge in [-0.1, -0.05) is 63.2 Å². The molecule has 0 aliphatic rings. The van der Waals surface area contributed by atoms with E-state index in [1.54, 1.807) is 0 Å². The summed E-state index contributed by atoms with van der Waals surface area (Å²) in [4.78, 5) is 2.60. The summed E-state index contributed by atoms with van der Waals surface area (Å²) in [6, 6.07) is 13.2. The minimum absolute atomic E-state index is 0.0310. The fourth-order valence-electron chi connectivity index (χ4n) is 2.56. The highest BCUT2D eigenvalue weighted by Crippen LogP contribution is 2.29. The largest absolute Gasteiger partial charge is 0.277 e. The van der Waals surface area contributed by atoms with Crippen LogP contribution in [-0.2, 0) is 15.4 Å². The van der Waals surface area contributed by atoms with E-state index < -0.39 is 10.0 Å². The Morgan fingerprint density at radius 3 is 2.04 bits per heavy atom. The minimum atomic E-state index is -3.70. The number of hydrazone groups is 1. The van der Waals surface area contributed by atoms with Gasteiger partial charge in [0, 0.05) is 0 Å². The van der Waals surface area contributed by atoms with E-state index in [2.05, 4.69) is 30.7 Å². The Morgan fingerprint density at radius 2 is 1.54 bits per heavy atom. The van der Waals surface area contributed by atoms with Gasteiger partial charge in [-0.2, -0.15) is 13.5 Å². The zero-order valence-corrected chi connectivity index (χ0v) is 15.6. The lowest BCUT2D eigenvalue weighted by atomic mass is 9.85. The van der Waals surface area contributed by atoms with Crippen molar-refractivity contribution in [1.82, 2.24) is 4.83 Å². The Balaban J connectivity index is 2.31. The number of hydrogen-bond donors (Lipinski definition) is 1. The average molecular weight is 344 g/mol. The zero-order valence-electron chi connectivity index (χ0n) is 14.8. The number of nitrogens with one attached hydrogen (secondary N) is 1. The maximum Gasteiger partial charge on any atom is 0.277 e. The fraction of sp³-hybridized carbons (Fsp3) is 0.316. The summed E-state index contributed by atoms with van der Waals surface area (Å²) in [5.41, 5.74) is 3.36. The highest BCUT2D eigenvalue weighted by Gasteiger charge is 2.22. The second-order valence-corrected chi connectivity index (χ2v) is 8.55. The molecule has 0 atom stereocenters. The fourth-order valence-corrected chi connectivity index (χ4v) is 3.81. The van der Waals surface area contributed by atoms with Gasteiger partial charge in [-0.3, -0.25) is 0 Å². The highest BCUT2D eigenvalue weighted by molar-refractivity contribution is 7.89. The van der Waals surface area contributed by atoms with E-state index in [1.165, 1.54) is 6.21 Å². The van der Waals surface area contributed by atoms with Gasteiger partial charge in [-0.05, 0) is 41.5 Å². The van der Waals surface area contributed by atoms with Gasteiger partial charge in [-0.25, -0.2) is 4.83 Å². The molecule has 128 valence electrons. The molecule has 5 heteroatoms. The summed E-state index contributed by atoms with van der Waals surface area (Å²) in [6.07, 6.45) is 1.49. The summed E-state index contributed by atoms with van der Waals surface area (Å²) >= 11 is 0. The van der Waals surface area contributed by atoms with E-state index in [4.69, 9.17) is 0 Å². The van der Waals surface area contributed by atoms with Crippen molar-refractivity contribution in [1.29, 1.82) is 0 Å². The second-order valence-electron chi connectivity index (χ2n) is 6.95. The van der Waals surface area contributed by atoms with E-state index in [9.17, 15) is 8.42 Å². The molecular formula is C19H24N2O2S. The molecule has 0 heterocycles. The predicted octanol–water partition coefficient (Wildman–Crippen LogP) is 3.91. The SMILES string of the molecule is Cc1cc(C(C)(C)C)cc(C)c1S(=O)(=O)N/N=C/c1ccccc1. The molecule has 0 saturated heterocycles. The molecule has 0 fully saturated rings. The van der Waals surface area contributed by atoms with E-state index in [0.29, 0.717) is 4.90 Å². The Morgan fingerprint density at radius 1 is 1.00 bits per heavy atom. The van der Waals surface area contributed by atoms with E-state index >= 15 is 0 Å². The first kappa shape index (κ1) is 18.2. The number of hydrogen-bond acceptors (Lipinski definition) is 3.